The highest BCUT2D eigenvalue weighted by Crippen LogP contribution is 2.29. The van der Waals surface area contributed by atoms with Crippen LogP contribution in [0, 0.1) is 0 Å². The average molecular weight is 228 g/mol. The predicted molar refractivity (Wildman–Crippen MR) is 68.7 cm³/mol. The standard InChI is InChI=1S/C13H28N2O/c1-12(2,3)15-10-13(4,5)14(6)9-11(15)7-8-16/h11,16H,7-10H2,1-6H3. The third kappa shape index (κ3) is 2.96. The highest BCUT2D eigenvalue weighted by atomic mass is 16.3. The number of hydrogen-bond donors (Lipinski definition) is 1. The molecule has 3 heteroatoms. The number of aliphatic hydroxyl groups excluding tert-OH is 1. The Kier molecular flexibility index (Phi) is 4.04. The van der Waals surface area contributed by atoms with E-state index in [9.17, 15) is 5.11 Å². The Balaban J connectivity index is 2.84. The summed E-state index contributed by atoms with van der Waals surface area (Å²) >= 11 is 0. The van der Waals surface area contributed by atoms with Crippen molar-refractivity contribution in [2.75, 3.05) is 26.7 Å². The Morgan fingerprint density at radius 2 is 1.88 bits per heavy atom. The zero-order chi connectivity index (χ0) is 12.6. The van der Waals surface area contributed by atoms with Crippen LogP contribution >= 0.6 is 0 Å². The summed E-state index contributed by atoms with van der Waals surface area (Å²) in [7, 11) is 2.18. The number of aliphatic hydroxyl groups is 1. The lowest BCUT2D eigenvalue weighted by Gasteiger charge is -2.54. The molecule has 1 saturated heterocycles. The van der Waals surface area contributed by atoms with Gasteiger partial charge < -0.3 is 5.11 Å². The molecule has 1 unspecified atom stereocenters. The zero-order valence-corrected chi connectivity index (χ0v) is 11.7. The maximum absolute atomic E-state index is 9.17. The number of rotatable bonds is 2. The molecule has 1 atom stereocenters. The molecule has 0 saturated carbocycles. The summed E-state index contributed by atoms with van der Waals surface area (Å²) in [4.78, 5) is 4.96. The molecular weight excluding hydrogens is 200 g/mol. The minimum absolute atomic E-state index is 0.179. The summed E-state index contributed by atoms with van der Waals surface area (Å²) in [6, 6.07) is 0.475. The Labute approximate surface area is 100 Å². The largest absolute Gasteiger partial charge is 0.396 e. The van der Waals surface area contributed by atoms with Crippen LogP contribution in [0.1, 0.15) is 41.0 Å². The molecule has 1 heterocycles. The summed E-state index contributed by atoms with van der Waals surface area (Å²) in [5, 5.41) is 9.17. The monoisotopic (exact) mass is 228 g/mol. The lowest BCUT2D eigenvalue weighted by Crippen LogP contribution is -2.66. The van der Waals surface area contributed by atoms with Crippen molar-refractivity contribution >= 4 is 0 Å². The van der Waals surface area contributed by atoms with E-state index in [4.69, 9.17) is 0 Å². The van der Waals surface area contributed by atoms with Gasteiger partial charge in [0, 0.05) is 36.8 Å². The fourth-order valence-electron chi connectivity index (χ4n) is 2.51. The molecule has 1 fully saturated rings. The summed E-state index contributed by atoms with van der Waals surface area (Å²) < 4.78 is 0. The normalized spacial score (nSPS) is 28.3. The molecule has 1 N–H and O–H groups in total. The Hall–Kier alpha value is -0.120. The minimum Gasteiger partial charge on any atom is -0.396 e. The van der Waals surface area contributed by atoms with E-state index in [0.29, 0.717) is 6.04 Å². The van der Waals surface area contributed by atoms with Crippen LogP contribution in [0.2, 0.25) is 0 Å². The SMILES string of the molecule is CN1CC(CCO)N(C(C)(C)C)CC1(C)C. The van der Waals surface area contributed by atoms with Crippen molar-refractivity contribution in [1.29, 1.82) is 0 Å². The fourth-order valence-corrected chi connectivity index (χ4v) is 2.51. The zero-order valence-electron chi connectivity index (χ0n) is 11.7. The average Bonchev–Trinajstić information content (AvgIpc) is 2.10. The molecule has 1 aliphatic rings. The Bertz CT molecular complexity index is 233. The topological polar surface area (TPSA) is 26.7 Å². The lowest BCUT2D eigenvalue weighted by molar-refractivity contribution is -0.0528. The molecule has 96 valence electrons. The molecule has 3 nitrogen and oxygen atoms in total. The van der Waals surface area contributed by atoms with E-state index in [-0.39, 0.29) is 17.7 Å². The van der Waals surface area contributed by atoms with Crippen molar-refractivity contribution in [3.8, 4) is 0 Å². The molecule has 0 aromatic rings. The van der Waals surface area contributed by atoms with Crippen molar-refractivity contribution in [3.05, 3.63) is 0 Å². The first kappa shape index (κ1) is 13.9. The highest BCUT2D eigenvalue weighted by molar-refractivity contribution is 4.97. The van der Waals surface area contributed by atoms with Crippen LogP contribution in [-0.2, 0) is 0 Å². The second-order valence-corrected chi connectivity index (χ2v) is 6.66. The van der Waals surface area contributed by atoms with Crippen LogP contribution in [-0.4, -0.2) is 58.8 Å². The van der Waals surface area contributed by atoms with E-state index in [2.05, 4.69) is 51.5 Å². The molecule has 0 amide bonds. The maximum atomic E-state index is 9.17. The van der Waals surface area contributed by atoms with E-state index < -0.39 is 0 Å². The van der Waals surface area contributed by atoms with Crippen molar-refractivity contribution in [3.63, 3.8) is 0 Å². The first-order valence-corrected chi connectivity index (χ1v) is 6.27. The Morgan fingerprint density at radius 3 is 2.31 bits per heavy atom. The van der Waals surface area contributed by atoms with E-state index in [1.165, 1.54) is 0 Å². The van der Waals surface area contributed by atoms with Crippen LogP contribution in [0.3, 0.4) is 0 Å². The molecule has 0 aromatic heterocycles. The van der Waals surface area contributed by atoms with Crippen LogP contribution < -0.4 is 0 Å². The van der Waals surface area contributed by atoms with Gasteiger partial charge in [-0.15, -0.1) is 0 Å². The summed E-state index contributed by atoms with van der Waals surface area (Å²) in [6.07, 6.45) is 0.873. The van der Waals surface area contributed by atoms with Gasteiger partial charge >= 0.3 is 0 Å². The van der Waals surface area contributed by atoms with Gasteiger partial charge in [-0.05, 0) is 48.1 Å². The van der Waals surface area contributed by atoms with Crippen molar-refractivity contribution in [1.82, 2.24) is 9.80 Å². The van der Waals surface area contributed by atoms with E-state index in [1.54, 1.807) is 0 Å². The van der Waals surface area contributed by atoms with Crippen LogP contribution in [0.25, 0.3) is 0 Å². The second kappa shape index (κ2) is 4.63. The summed E-state index contributed by atoms with van der Waals surface area (Å²) in [6.45, 7) is 13.8. The molecule has 1 aliphatic heterocycles. The van der Waals surface area contributed by atoms with E-state index in [0.717, 1.165) is 19.5 Å². The first-order chi connectivity index (χ1) is 7.18. The quantitative estimate of drug-likeness (QED) is 0.777. The van der Waals surface area contributed by atoms with Gasteiger partial charge in [0.25, 0.3) is 0 Å². The van der Waals surface area contributed by atoms with Crippen LogP contribution in [0.4, 0.5) is 0 Å². The van der Waals surface area contributed by atoms with Crippen LogP contribution in [0.5, 0.6) is 0 Å². The van der Waals surface area contributed by atoms with Crippen molar-refractivity contribution in [2.45, 2.75) is 58.2 Å². The summed E-state index contributed by atoms with van der Waals surface area (Å²) in [5.41, 5.74) is 0.400. The van der Waals surface area contributed by atoms with Gasteiger partial charge in [0.1, 0.15) is 0 Å². The highest BCUT2D eigenvalue weighted by Gasteiger charge is 2.40. The molecular formula is C13H28N2O. The second-order valence-electron chi connectivity index (χ2n) is 6.66. The van der Waals surface area contributed by atoms with Gasteiger partial charge in [-0.25, -0.2) is 0 Å². The van der Waals surface area contributed by atoms with Gasteiger partial charge in [-0.2, -0.15) is 0 Å². The number of likely N-dealkylation sites (N-methyl/N-ethyl adjacent to an activating group) is 1. The molecule has 0 aliphatic carbocycles. The molecule has 0 radical (unpaired) electrons. The third-order valence-electron chi connectivity index (χ3n) is 3.84. The van der Waals surface area contributed by atoms with Gasteiger partial charge in [0.2, 0.25) is 0 Å². The first-order valence-electron chi connectivity index (χ1n) is 6.27. The number of nitrogens with zero attached hydrogens (tertiary/aromatic N) is 2. The third-order valence-corrected chi connectivity index (χ3v) is 3.84. The molecule has 1 rings (SSSR count). The van der Waals surface area contributed by atoms with Gasteiger partial charge in [0.15, 0.2) is 0 Å². The number of hydrogen-bond acceptors (Lipinski definition) is 3. The van der Waals surface area contributed by atoms with Gasteiger partial charge in [0.05, 0.1) is 0 Å². The van der Waals surface area contributed by atoms with Gasteiger partial charge in [-0.3, -0.25) is 9.80 Å². The minimum atomic E-state index is 0.179. The predicted octanol–water partition coefficient (Wildman–Crippen LogP) is 1.56. The van der Waals surface area contributed by atoms with E-state index >= 15 is 0 Å². The molecule has 0 spiro atoms. The van der Waals surface area contributed by atoms with Crippen molar-refractivity contribution in [2.24, 2.45) is 0 Å². The maximum Gasteiger partial charge on any atom is 0.0446 e. The van der Waals surface area contributed by atoms with Crippen molar-refractivity contribution < 1.29 is 5.11 Å². The Morgan fingerprint density at radius 1 is 1.31 bits per heavy atom. The lowest BCUT2D eigenvalue weighted by atomic mass is 9.90. The van der Waals surface area contributed by atoms with E-state index in [1.807, 2.05) is 0 Å². The smallest absolute Gasteiger partial charge is 0.0446 e. The summed E-state index contributed by atoms with van der Waals surface area (Å²) in [5.74, 6) is 0. The van der Waals surface area contributed by atoms with Gasteiger partial charge in [-0.1, -0.05) is 0 Å². The molecule has 0 bridgehead atoms. The number of piperazine rings is 1. The molecule has 0 aromatic carbocycles. The van der Waals surface area contributed by atoms with Crippen LogP contribution in [0.15, 0.2) is 0 Å². The fraction of sp³-hybridized carbons (Fsp3) is 1.00. The molecule has 16 heavy (non-hydrogen) atoms.